The summed E-state index contributed by atoms with van der Waals surface area (Å²) in [6.07, 6.45) is 0.543. The summed E-state index contributed by atoms with van der Waals surface area (Å²) in [5.41, 5.74) is 6.27. The molecule has 0 saturated carbocycles. The van der Waals surface area contributed by atoms with Crippen molar-refractivity contribution in [3.05, 3.63) is 95.7 Å². The highest BCUT2D eigenvalue weighted by atomic mass is 16.2. The van der Waals surface area contributed by atoms with Crippen molar-refractivity contribution in [1.82, 2.24) is 14.4 Å². The van der Waals surface area contributed by atoms with Crippen LogP contribution in [-0.2, 0) is 17.8 Å². The number of carbonyl (C=O) groups excluding carboxylic acids is 2. The van der Waals surface area contributed by atoms with Gasteiger partial charge in [0.25, 0.3) is 5.91 Å². The van der Waals surface area contributed by atoms with Crippen molar-refractivity contribution in [2.75, 3.05) is 49.6 Å². The Morgan fingerprint density at radius 1 is 0.842 bits per heavy atom. The Balaban J connectivity index is 1.23. The third-order valence-electron chi connectivity index (χ3n) is 8.45. The number of hydrogen-bond acceptors (Lipinski definition) is 4. The van der Waals surface area contributed by atoms with E-state index in [-0.39, 0.29) is 24.5 Å². The van der Waals surface area contributed by atoms with Crippen LogP contribution in [0.15, 0.2) is 78.9 Å². The Kier molecular flexibility index (Phi) is 5.39. The molecule has 1 saturated heterocycles. The van der Waals surface area contributed by atoms with Gasteiger partial charge in [-0.3, -0.25) is 9.59 Å². The van der Waals surface area contributed by atoms with Crippen LogP contribution in [0.2, 0.25) is 0 Å². The average molecular weight is 506 g/mol. The predicted molar refractivity (Wildman–Crippen MR) is 149 cm³/mol. The molecule has 0 spiro atoms. The number of aromatic nitrogens is 1. The first-order valence-electron chi connectivity index (χ1n) is 13.4. The van der Waals surface area contributed by atoms with Crippen molar-refractivity contribution in [1.29, 1.82) is 0 Å². The summed E-state index contributed by atoms with van der Waals surface area (Å²) in [6.45, 7) is 4.00. The van der Waals surface area contributed by atoms with Gasteiger partial charge in [-0.1, -0.05) is 48.5 Å². The first-order valence-corrected chi connectivity index (χ1v) is 13.4. The largest absolute Gasteiger partial charge is 0.368 e. The molecule has 0 N–H and O–H groups in total. The minimum Gasteiger partial charge on any atom is -0.368 e. The van der Waals surface area contributed by atoms with E-state index >= 15 is 0 Å². The van der Waals surface area contributed by atoms with Crippen LogP contribution in [0.25, 0.3) is 10.9 Å². The molecule has 4 heterocycles. The third-order valence-corrected chi connectivity index (χ3v) is 8.45. The zero-order chi connectivity index (χ0) is 25.8. The quantitative estimate of drug-likeness (QED) is 0.420. The number of hydrogen-bond donors (Lipinski definition) is 0. The smallest absolute Gasteiger partial charge is 0.257 e. The van der Waals surface area contributed by atoms with Gasteiger partial charge in [0.05, 0.1) is 16.9 Å². The molecule has 3 aliphatic heterocycles. The van der Waals surface area contributed by atoms with Crippen LogP contribution < -0.4 is 9.80 Å². The first kappa shape index (κ1) is 22.9. The number of amides is 2. The number of piperazine rings is 1. The van der Waals surface area contributed by atoms with Crippen LogP contribution in [0, 0.1) is 0 Å². The van der Waals surface area contributed by atoms with Crippen LogP contribution in [-0.4, -0.2) is 66.0 Å². The second kappa shape index (κ2) is 8.94. The third kappa shape index (κ3) is 3.49. The van der Waals surface area contributed by atoms with Gasteiger partial charge < -0.3 is 24.2 Å². The second-order valence-electron chi connectivity index (χ2n) is 10.4. The minimum absolute atomic E-state index is 0.0644. The molecule has 192 valence electrons. The predicted octanol–water partition coefficient (Wildman–Crippen LogP) is 4.14. The van der Waals surface area contributed by atoms with Gasteiger partial charge in [0, 0.05) is 56.4 Å². The monoisotopic (exact) mass is 505 g/mol. The summed E-state index contributed by atoms with van der Waals surface area (Å²) < 4.78 is 2.19. The number of carbonyl (C=O) groups is 2. The average Bonchev–Trinajstić information content (AvgIpc) is 3.29. The zero-order valence-electron chi connectivity index (χ0n) is 21.6. The fourth-order valence-corrected chi connectivity index (χ4v) is 6.57. The van der Waals surface area contributed by atoms with Crippen molar-refractivity contribution < 1.29 is 9.59 Å². The Labute approximate surface area is 222 Å². The number of anilines is 2. The molecule has 7 nitrogen and oxygen atoms in total. The summed E-state index contributed by atoms with van der Waals surface area (Å²) in [5, 5.41) is 1.18. The van der Waals surface area contributed by atoms with Crippen LogP contribution in [0.1, 0.15) is 27.8 Å². The lowest BCUT2D eigenvalue weighted by Gasteiger charge is -2.46. The summed E-state index contributed by atoms with van der Waals surface area (Å²) >= 11 is 0. The fourth-order valence-electron chi connectivity index (χ4n) is 6.57. The Hall–Kier alpha value is -4.26. The van der Waals surface area contributed by atoms with E-state index < -0.39 is 0 Å². The molecular formula is C31H31N5O2. The SMILES string of the molecule is CN1c2ccccc2C(=O)N2CCc3c(n(CC(=O)N4CCN(c5ccccc5)CC4)c4ccccc34)C21. The molecule has 1 unspecified atom stereocenters. The lowest BCUT2D eigenvalue weighted by atomic mass is 9.96. The van der Waals surface area contributed by atoms with Gasteiger partial charge in [0.15, 0.2) is 0 Å². The van der Waals surface area contributed by atoms with Crippen LogP contribution in [0.3, 0.4) is 0 Å². The maximum Gasteiger partial charge on any atom is 0.257 e. The maximum absolute atomic E-state index is 13.7. The van der Waals surface area contributed by atoms with Crippen LogP contribution >= 0.6 is 0 Å². The molecule has 0 bridgehead atoms. The number of para-hydroxylation sites is 3. The van der Waals surface area contributed by atoms with Gasteiger partial charge in [0.1, 0.15) is 12.7 Å². The van der Waals surface area contributed by atoms with E-state index in [2.05, 4.69) is 63.9 Å². The molecule has 3 aliphatic rings. The number of rotatable bonds is 3. The van der Waals surface area contributed by atoms with E-state index in [1.165, 1.54) is 16.6 Å². The van der Waals surface area contributed by atoms with Crippen molar-refractivity contribution in [2.45, 2.75) is 19.1 Å². The molecule has 7 heteroatoms. The topological polar surface area (TPSA) is 52.0 Å². The number of benzene rings is 3. The fraction of sp³-hybridized carbons (Fsp3) is 0.290. The summed E-state index contributed by atoms with van der Waals surface area (Å²) in [7, 11) is 2.06. The normalized spacial score (nSPS) is 18.9. The molecule has 1 aromatic heterocycles. The molecule has 38 heavy (non-hydrogen) atoms. The van der Waals surface area contributed by atoms with Gasteiger partial charge in [-0.05, 0) is 42.3 Å². The van der Waals surface area contributed by atoms with Crippen molar-refractivity contribution >= 4 is 34.1 Å². The number of nitrogens with zero attached hydrogens (tertiary/aromatic N) is 5. The minimum atomic E-state index is -0.240. The van der Waals surface area contributed by atoms with E-state index in [0.717, 1.165) is 42.0 Å². The summed E-state index contributed by atoms with van der Waals surface area (Å²) in [5.74, 6) is 0.193. The highest BCUT2D eigenvalue weighted by Gasteiger charge is 2.43. The van der Waals surface area contributed by atoms with E-state index in [9.17, 15) is 9.59 Å². The van der Waals surface area contributed by atoms with Crippen molar-refractivity contribution in [2.24, 2.45) is 0 Å². The molecule has 0 aliphatic carbocycles. The molecule has 1 fully saturated rings. The molecule has 3 aromatic carbocycles. The van der Waals surface area contributed by atoms with Crippen molar-refractivity contribution in [3.8, 4) is 0 Å². The van der Waals surface area contributed by atoms with Gasteiger partial charge in [-0.15, -0.1) is 0 Å². The lowest BCUT2D eigenvalue weighted by Crippen LogP contribution is -2.52. The maximum atomic E-state index is 13.7. The molecule has 0 radical (unpaired) electrons. The number of fused-ring (bicyclic) bond motifs is 6. The molecule has 7 rings (SSSR count). The highest BCUT2D eigenvalue weighted by Crippen LogP contribution is 2.44. The zero-order valence-corrected chi connectivity index (χ0v) is 21.6. The lowest BCUT2D eigenvalue weighted by molar-refractivity contribution is -0.132. The van der Waals surface area contributed by atoms with E-state index in [4.69, 9.17) is 0 Å². The second-order valence-corrected chi connectivity index (χ2v) is 10.4. The molecule has 1 atom stereocenters. The summed E-state index contributed by atoms with van der Waals surface area (Å²) in [4.78, 5) is 35.8. The van der Waals surface area contributed by atoms with Gasteiger partial charge in [-0.25, -0.2) is 0 Å². The van der Waals surface area contributed by atoms with Gasteiger partial charge >= 0.3 is 0 Å². The first-order chi connectivity index (χ1) is 18.6. The van der Waals surface area contributed by atoms with E-state index in [1.54, 1.807) is 0 Å². The Bertz CT molecular complexity index is 1540. The van der Waals surface area contributed by atoms with Gasteiger partial charge in [-0.2, -0.15) is 0 Å². The van der Waals surface area contributed by atoms with Crippen molar-refractivity contribution in [3.63, 3.8) is 0 Å². The van der Waals surface area contributed by atoms with E-state index in [0.29, 0.717) is 19.6 Å². The standard InChI is InChI=1S/C31H31N5O2/c1-32-26-13-7-6-12-25(26)31(38)35-16-15-24-23-11-5-8-14-27(23)36(29(24)30(32)35)21-28(37)34-19-17-33(18-20-34)22-9-3-2-4-10-22/h2-14,30H,15-21H2,1H3. The van der Waals surface area contributed by atoms with Crippen LogP contribution in [0.5, 0.6) is 0 Å². The molecular weight excluding hydrogens is 474 g/mol. The molecule has 2 amide bonds. The van der Waals surface area contributed by atoms with Crippen LogP contribution in [0.4, 0.5) is 11.4 Å². The Morgan fingerprint density at radius 3 is 2.37 bits per heavy atom. The highest BCUT2D eigenvalue weighted by molar-refractivity contribution is 6.02. The van der Waals surface area contributed by atoms with Gasteiger partial charge in [0.2, 0.25) is 5.91 Å². The Morgan fingerprint density at radius 2 is 1.55 bits per heavy atom. The van der Waals surface area contributed by atoms with E-state index in [1.807, 2.05) is 46.2 Å². The summed E-state index contributed by atoms with van der Waals surface area (Å²) in [6, 6.07) is 26.6. The molecule has 4 aromatic rings.